The summed E-state index contributed by atoms with van der Waals surface area (Å²) in [4.78, 5) is 25.6. The van der Waals surface area contributed by atoms with Gasteiger partial charge in [0.2, 0.25) is 0 Å². The fourth-order valence-corrected chi connectivity index (χ4v) is 5.04. The number of hydrogen-bond donors (Lipinski definition) is 1. The Balaban J connectivity index is 1.43. The molecule has 1 N–H and O–H groups in total. The van der Waals surface area contributed by atoms with Crippen molar-refractivity contribution in [3.05, 3.63) is 35.0 Å². The van der Waals surface area contributed by atoms with E-state index in [1.165, 1.54) is 0 Å². The zero-order valence-electron chi connectivity index (χ0n) is 20.2. The highest BCUT2D eigenvalue weighted by Crippen LogP contribution is 2.33. The predicted octanol–water partition coefficient (Wildman–Crippen LogP) is 5.49. The van der Waals surface area contributed by atoms with Gasteiger partial charge in [0.15, 0.2) is 5.76 Å². The maximum atomic E-state index is 12.5. The van der Waals surface area contributed by atoms with Crippen LogP contribution in [0.5, 0.6) is 5.75 Å². The molecule has 1 unspecified atom stereocenters. The molecule has 0 bridgehead atoms. The minimum atomic E-state index is -0.747. The van der Waals surface area contributed by atoms with Gasteiger partial charge in [-0.15, -0.1) is 0 Å². The lowest BCUT2D eigenvalue weighted by atomic mass is 9.87. The normalized spacial score (nSPS) is 20.8. The fraction of sp³-hybridized carbons (Fsp3) is 0.577. The first-order valence-corrected chi connectivity index (χ1v) is 12.2. The standard InChI is InChI=1S/C26H34N2O6/c1-16-13-18(11-12-23(16)33-21-10-6-7-19(14-21)25(29)30)24-22(17(2)27-34-24)15-32-26(31)28(3)20-8-4-5-9-20/h11-13,19-21H,4-10,14-15H2,1-3H3,(H,29,30)/t19-,21?/m0/s1. The van der Waals surface area contributed by atoms with Crippen LogP contribution < -0.4 is 4.74 Å². The number of benzene rings is 1. The molecule has 2 aromatic rings. The topological polar surface area (TPSA) is 102 Å². The van der Waals surface area contributed by atoms with Crippen molar-refractivity contribution < 1.29 is 28.7 Å². The van der Waals surface area contributed by atoms with Crippen LogP contribution in [0.4, 0.5) is 4.79 Å². The first-order valence-electron chi connectivity index (χ1n) is 12.2. The summed E-state index contributed by atoms with van der Waals surface area (Å²) in [5.41, 5.74) is 3.18. The van der Waals surface area contributed by atoms with Gasteiger partial charge in [-0.25, -0.2) is 4.79 Å². The number of carbonyl (C=O) groups excluding carboxylic acids is 1. The molecular weight excluding hydrogens is 436 g/mol. The van der Waals surface area contributed by atoms with Crippen LogP contribution >= 0.6 is 0 Å². The molecule has 184 valence electrons. The lowest BCUT2D eigenvalue weighted by Crippen LogP contribution is -2.35. The number of carbonyl (C=O) groups is 2. The molecule has 0 radical (unpaired) electrons. The van der Waals surface area contributed by atoms with Crippen molar-refractivity contribution in [2.24, 2.45) is 5.92 Å². The number of aromatic nitrogens is 1. The summed E-state index contributed by atoms with van der Waals surface area (Å²) in [6.07, 6.45) is 6.87. The van der Waals surface area contributed by atoms with Gasteiger partial charge in [0.25, 0.3) is 0 Å². The van der Waals surface area contributed by atoms with Gasteiger partial charge in [0.1, 0.15) is 12.4 Å². The van der Waals surface area contributed by atoms with Gasteiger partial charge in [0.05, 0.1) is 23.3 Å². The molecule has 1 aromatic carbocycles. The second-order valence-electron chi connectivity index (χ2n) is 9.60. The van der Waals surface area contributed by atoms with Crippen LogP contribution in [0.25, 0.3) is 11.3 Å². The second kappa shape index (κ2) is 10.5. The van der Waals surface area contributed by atoms with Crippen molar-refractivity contribution in [3.63, 3.8) is 0 Å². The summed E-state index contributed by atoms with van der Waals surface area (Å²) in [6, 6.07) is 6.00. The van der Waals surface area contributed by atoms with E-state index in [9.17, 15) is 14.7 Å². The third kappa shape index (κ3) is 5.37. The summed E-state index contributed by atoms with van der Waals surface area (Å²) in [6.45, 7) is 3.88. The molecular formula is C26H34N2O6. The van der Waals surface area contributed by atoms with E-state index in [-0.39, 0.29) is 30.8 Å². The van der Waals surface area contributed by atoms with E-state index in [2.05, 4.69) is 5.16 Å². The van der Waals surface area contributed by atoms with E-state index in [4.69, 9.17) is 14.0 Å². The number of hydrogen-bond acceptors (Lipinski definition) is 6. The number of carboxylic acids is 1. The Morgan fingerprint density at radius 2 is 1.91 bits per heavy atom. The van der Waals surface area contributed by atoms with Crippen LogP contribution in [0.3, 0.4) is 0 Å². The van der Waals surface area contributed by atoms with E-state index in [1.54, 1.807) is 11.9 Å². The molecule has 1 heterocycles. The molecule has 4 rings (SSSR count). The SMILES string of the molecule is Cc1cc(-c2onc(C)c2COC(=O)N(C)C2CCCC2)ccc1OC1CCC[C@H](C(=O)O)C1. The smallest absolute Gasteiger partial charge is 0.410 e. The van der Waals surface area contributed by atoms with Gasteiger partial charge < -0.3 is 24.0 Å². The Bertz CT molecular complexity index is 1030. The molecule has 2 atom stereocenters. The highest BCUT2D eigenvalue weighted by atomic mass is 16.6. The maximum absolute atomic E-state index is 12.5. The van der Waals surface area contributed by atoms with E-state index in [0.29, 0.717) is 24.3 Å². The highest BCUT2D eigenvalue weighted by molar-refractivity contribution is 5.70. The van der Waals surface area contributed by atoms with Crippen LogP contribution in [0.1, 0.15) is 68.2 Å². The second-order valence-corrected chi connectivity index (χ2v) is 9.60. The van der Waals surface area contributed by atoms with Gasteiger partial charge in [-0.2, -0.15) is 0 Å². The molecule has 8 heteroatoms. The van der Waals surface area contributed by atoms with E-state index in [0.717, 1.165) is 61.0 Å². The molecule has 0 aliphatic heterocycles. The number of rotatable bonds is 7. The van der Waals surface area contributed by atoms with Crippen LogP contribution in [0.2, 0.25) is 0 Å². The molecule has 1 amide bonds. The van der Waals surface area contributed by atoms with Crippen molar-refractivity contribution in [1.29, 1.82) is 0 Å². The predicted molar refractivity (Wildman–Crippen MR) is 126 cm³/mol. The number of nitrogens with zero attached hydrogens (tertiary/aromatic N) is 2. The molecule has 34 heavy (non-hydrogen) atoms. The van der Waals surface area contributed by atoms with E-state index >= 15 is 0 Å². The van der Waals surface area contributed by atoms with Crippen molar-refractivity contribution in [3.8, 4) is 17.1 Å². The van der Waals surface area contributed by atoms with Crippen LogP contribution in [0, 0.1) is 19.8 Å². The van der Waals surface area contributed by atoms with Crippen molar-refractivity contribution >= 4 is 12.1 Å². The number of aryl methyl sites for hydroxylation is 2. The Labute approximate surface area is 200 Å². The van der Waals surface area contributed by atoms with Crippen LogP contribution in [-0.4, -0.2) is 46.4 Å². The van der Waals surface area contributed by atoms with E-state index in [1.807, 2.05) is 32.0 Å². The Morgan fingerprint density at radius 3 is 2.62 bits per heavy atom. The summed E-state index contributed by atoms with van der Waals surface area (Å²) in [5, 5.41) is 13.4. The average molecular weight is 471 g/mol. The molecule has 1 aromatic heterocycles. The molecule has 2 saturated carbocycles. The van der Waals surface area contributed by atoms with Gasteiger partial charge in [-0.05, 0) is 76.1 Å². The lowest BCUT2D eigenvalue weighted by Gasteiger charge is -2.28. The van der Waals surface area contributed by atoms with Crippen molar-refractivity contribution in [1.82, 2.24) is 10.1 Å². The largest absolute Gasteiger partial charge is 0.490 e. The molecule has 0 spiro atoms. The van der Waals surface area contributed by atoms with E-state index < -0.39 is 5.97 Å². The third-order valence-electron chi connectivity index (χ3n) is 7.19. The molecule has 2 aliphatic carbocycles. The minimum Gasteiger partial charge on any atom is -0.490 e. The average Bonchev–Trinajstić information content (AvgIpc) is 3.48. The fourth-order valence-electron chi connectivity index (χ4n) is 5.04. The Kier molecular flexibility index (Phi) is 7.44. The quantitative estimate of drug-likeness (QED) is 0.571. The summed E-state index contributed by atoms with van der Waals surface area (Å²) < 4.78 is 17.4. The highest BCUT2D eigenvalue weighted by Gasteiger charge is 2.29. The molecule has 2 fully saturated rings. The zero-order valence-corrected chi connectivity index (χ0v) is 20.2. The monoisotopic (exact) mass is 470 g/mol. The van der Waals surface area contributed by atoms with Crippen molar-refractivity contribution in [2.45, 2.75) is 84.0 Å². The Hall–Kier alpha value is -3.03. The number of carboxylic acid groups (broad SMARTS) is 1. The maximum Gasteiger partial charge on any atom is 0.410 e. The lowest BCUT2D eigenvalue weighted by molar-refractivity contribution is -0.143. The zero-order chi connectivity index (χ0) is 24.2. The number of amides is 1. The summed E-state index contributed by atoms with van der Waals surface area (Å²) in [7, 11) is 1.80. The first-order chi connectivity index (χ1) is 16.3. The Morgan fingerprint density at radius 1 is 1.15 bits per heavy atom. The minimum absolute atomic E-state index is 0.0938. The first kappa shape index (κ1) is 24.1. The molecule has 8 nitrogen and oxygen atoms in total. The van der Waals surface area contributed by atoms with Crippen molar-refractivity contribution in [2.75, 3.05) is 7.05 Å². The van der Waals surface area contributed by atoms with Crippen LogP contribution in [0.15, 0.2) is 22.7 Å². The molecule has 2 aliphatic rings. The summed E-state index contributed by atoms with van der Waals surface area (Å²) in [5.74, 6) is 0.228. The summed E-state index contributed by atoms with van der Waals surface area (Å²) >= 11 is 0. The molecule has 0 saturated heterocycles. The number of aliphatic carboxylic acids is 1. The van der Waals surface area contributed by atoms with Crippen LogP contribution in [-0.2, 0) is 16.1 Å². The van der Waals surface area contributed by atoms with Gasteiger partial charge >= 0.3 is 12.1 Å². The van der Waals surface area contributed by atoms with Gasteiger partial charge in [-0.3, -0.25) is 4.79 Å². The van der Waals surface area contributed by atoms with Gasteiger partial charge in [-0.1, -0.05) is 18.0 Å². The van der Waals surface area contributed by atoms with Gasteiger partial charge in [0, 0.05) is 18.7 Å². The number of ether oxygens (including phenoxy) is 2. The third-order valence-corrected chi connectivity index (χ3v) is 7.19.